The van der Waals surface area contributed by atoms with Crippen molar-refractivity contribution in [2.24, 2.45) is 0 Å². The molecule has 3 heterocycles. The Kier molecular flexibility index (Phi) is 6.91. The van der Waals surface area contributed by atoms with Crippen molar-refractivity contribution in [2.75, 3.05) is 11.9 Å². The molecule has 1 fully saturated rings. The fourth-order valence-electron chi connectivity index (χ4n) is 3.55. The van der Waals surface area contributed by atoms with E-state index in [1.807, 2.05) is 30.3 Å². The minimum atomic E-state index is -3.98. The van der Waals surface area contributed by atoms with E-state index in [1.165, 1.54) is 29.5 Å². The average Bonchev–Trinajstić information content (AvgIpc) is 3.28. The number of pyridine rings is 1. The Morgan fingerprint density at radius 2 is 2.15 bits per heavy atom. The van der Waals surface area contributed by atoms with E-state index in [9.17, 15) is 17.6 Å². The lowest BCUT2D eigenvalue weighted by Crippen LogP contribution is -2.57. The van der Waals surface area contributed by atoms with Crippen LogP contribution in [0.25, 0.3) is 10.6 Å². The quantitative estimate of drug-likeness (QED) is 0.485. The molecule has 172 valence electrons. The van der Waals surface area contributed by atoms with Gasteiger partial charge in [-0.25, -0.2) is 4.39 Å². The average molecular weight is 507 g/mol. The third-order valence-electron chi connectivity index (χ3n) is 5.09. The van der Waals surface area contributed by atoms with Gasteiger partial charge in [0.2, 0.25) is 5.91 Å². The van der Waals surface area contributed by atoms with Crippen molar-refractivity contribution in [1.29, 1.82) is 0 Å². The van der Waals surface area contributed by atoms with Crippen LogP contribution in [-0.2, 0) is 15.0 Å². The molecule has 0 radical (unpaired) electrons. The van der Waals surface area contributed by atoms with Crippen molar-refractivity contribution in [1.82, 2.24) is 14.0 Å². The van der Waals surface area contributed by atoms with Crippen LogP contribution in [-0.4, -0.2) is 36.2 Å². The molecule has 0 unspecified atom stereocenters. The smallest absolute Gasteiger partial charge is 0.281 e. The van der Waals surface area contributed by atoms with Crippen LogP contribution in [0.1, 0.15) is 17.3 Å². The van der Waals surface area contributed by atoms with Crippen LogP contribution in [0, 0.1) is 5.82 Å². The first-order valence-electron chi connectivity index (χ1n) is 9.95. The number of hydrogen-bond acceptors (Lipinski definition) is 5. The largest absolute Gasteiger partial charge is 0.325 e. The number of anilines is 1. The Bertz CT molecular complexity index is 1280. The van der Waals surface area contributed by atoms with Crippen LogP contribution < -0.4 is 10.0 Å². The standard InChI is InChI=1S/C22H20ClFN4O3S2/c1-2-11-28-19(22(29)26-14-6-7-16(24)15(23)12-14)13-18(27-33(28,30)31)21-9-8-20(32-21)17-5-3-4-10-25-17/h2-10,12,18-19,27H,1,11,13H2,(H,26,29)/t18-,19+/m1/s1. The molecule has 4 rings (SSSR count). The van der Waals surface area contributed by atoms with Crippen molar-refractivity contribution in [3.8, 4) is 10.6 Å². The number of carbonyl (C=O) groups excluding carboxylic acids is 1. The van der Waals surface area contributed by atoms with Gasteiger partial charge in [0, 0.05) is 23.3 Å². The molecular weight excluding hydrogens is 487 g/mol. The van der Waals surface area contributed by atoms with Gasteiger partial charge in [-0.1, -0.05) is 23.7 Å². The van der Waals surface area contributed by atoms with Crippen molar-refractivity contribution >= 4 is 44.7 Å². The third kappa shape index (κ3) is 5.15. The second kappa shape index (κ2) is 9.70. The summed E-state index contributed by atoms with van der Waals surface area (Å²) in [6.45, 7) is 3.56. The molecule has 3 aromatic rings. The topological polar surface area (TPSA) is 91.4 Å². The van der Waals surface area contributed by atoms with Gasteiger partial charge >= 0.3 is 0 Å². The van der Waals surface area contributed by atoms with Crippen LogP contribution in [0.4, 0.5) is 10.1 Å². The number of aromatic nitrogens is 1. The molecule has 1 aliphatic heterocycles. The lowest BCUT2D eigenvalue weighted by molar-refractivity contribution is -0.120. The number of amides is 1. The molecule has 0 saturated carbocycles. The summed E-state index contributed by atoms with van der Waals surface area (Å²) in [5.41, 5.74) is 1.05. The molecule has 1 aliphatic rings. The Morgan fingerprint density at radius 1 is 1.33 bits per heavy atom. The molecule has 1 amide bonds. The number of benzene rings is 1. The third-order valence-corrected chi connectivity index (χ3v) is 8.21. The number of carbonyl (C=O) groups is 1. The summed E-state index contributed by atoms with van der Waals surface area (Å²) in [4.78, 5) is 19.1. The second-order valence-electron chi connectivity index (χ2n) is 7.32. The highest BCUT2D eigenvalue weighted by molar-refractivity contribution is 7.87. The Labute approximate surface area is 200 Å². The van der Waals surface area contributed by atoms with Gasteiger partial charge in [-0.05, 0) is 48.9 Å². The Morgan fingerprint density at radius 3 is 2.85 bits per heavy atom. The van der Waals surface area contributed by atoms with Gasteiger partial charge in [0.15, 0.2) is 0 Å². The van der Waals surface area contributed by atoms with Gasteiger partial charge < -0.3 is 5.32 Å². The van der Waals surface area contributed by atoms with Gasteiger partial charge in [-0.2, -0.15) is 17.4 Å². The molecule has 7 nitrogen and oxygen atoms in total. The monoisotopic (exact) mass is 506 g/mol. The Balaban J connectivity index is 1.61. The summed E-state index contributed by atoms with van der Waals surface area (Å²) < 4.78 is 43.2. The van der Waals surface area contributed by atoms with E-state index < -0.39 is 34.0 Å². The van der Waals surface area contributed by atoms with E-state index in [0.717, 1.165) is 25.8 Å². The number of thiophene rings is 1. The SMILES string of the molecule is C=CCN1[C@H](C(=O)Nc2ccc(F)c(Cl)c2)C[C@H](c2ccc(-c3ccccn3)s2)NS1(=O)=O. The number of rotatable bonds is 6. The molecule has 11 heteroatoms. The first-order valence-corrected chi connectivity index (χ1v) is 12.6. The van der Waals surface area contributed by atoms with Crippen molar-refractivity contribution in [2.45, 2.75) is 18.5 Å². The molecule has 0 spiro atoms. The van der Waals surface area contributed by atoms with E-state index in [0.29, 0.717) is 0 Å². The predicted octanol–water partition coefficient (Wildman–Crippen LogP) is 4.38. The van der Waals surface area contributed by atoms with E-state index in [2.05, 4.69) is 21.6 Å². The van der Waals surface area contributed by atoms with Gasteiger partial charge in [0.05, 0.1) is 21.6 Å². The van der Waals surface area contributed by atoms with Crippen molar-refractivity contribution in [3.63, 3.8) is 0 Å². The zero-order valence-electron chi connectivity index (χ0n) is 17.2. The van der Waals surface area contributed by atoms with Gasteiger partial charge in [0.1, 0.15) is 11.9 Å². The molecule has 1 saturated heterocycles. The highest BCUT2D eigenvalue weighted by atomic mass is 35.5. The summed E-state index contributed by atoms with van der Waals surface area (Å²) in [6, 6.07) is 11.4. The summed E-state index contributed by atoms with van der Waals surface area (Å²) in [6.07, 6.45) is 3.29. The fourth-order valence-corrected chi connectivity index (χ4v) is 6.39. The molecule has 0 bridgehead atoms. The fraction of sp³-hybridized carbons (Fsp3) is 0.182. The minimum Gasteiger partial charge on any atom is -0.325 e. The van der Waals surface area contributed by atoms with Gasteiger partial charge in [0.25, 0.3) is 10.2 Å². The van der Waals surface area contributed by atoms with Gasteiger partial charge in [-0.15, -0.1) is 17.9 Å². The maximum Gasteiger partial charge on any atom is 0.281 e. The molecule has 2 N–H and O–H groups in total. The molecule has 0 aliphatic carbocycles. The normalized spacial score (nSPS) is 20.3. The Hall–Kier alpha value is -2.63. The van der Waals surface area contributed by atoms with E-state index in [-0.39, 0.29) is 23.7 Å². The predicted molar refractivity (Wildman–Crippen MR) is 128 cm³/mol. The molecule has 1 aromatic carbocycles. The summed E-state index contributed by atoms with van der Waals surface area (Å²) in [5.74, 6) is -1.16. The van der Waals surface area contributed by atoms with E-state index in [4.69, 9.17) is 11.6 Å². The van der Waals surface area contributed by atoms with Crippen molar-refractivity contribution < 1.29 is 17.6 Å². The number of hydrogen-bond donors (Lipinski definition) is 2. The van der Waals surface area contributed by atoms with E-state index >= 15 is 0 Å². The second-order valence-corrected chi connectivity index (χ2v) is 10.5. The maximum absolute atomic E-state index is 13.5. The highest BCUT2D eigenvalue weighted by Gasteiger charge is 2.42. The lowest BCUT2D eigenvalue weighted by Gasteiger charge is -2.37. The summed E-state index contributed by atoms with van der Waals surface area (Å²) >= 11 is 7.21. The zero-order valence-corrected chi connectivity index (χ0v) is 19.6. The van der Waals surface area contributed by atoms with E-state index in [1.54, 1.807) is 6.20 Å². The molecule has 2 aromatic heterocycles. The molecule has 2 atom stereocenters. The summed E-state index contributed by atoms with van der Waals surface area (Å²) in [5, 5.41) is 2.50. The van der Waals surface area contributed by atoms with Crippen LogP contribution in [0.2, 0.25) is 5.02 Å². The van der Waals surface area contributed by atoms with Crippen molar-refractivity contribution in [3.05, 3.63) is 83.1 Å². The molecular formula is C22H20ClFN4O3S2. The minimum absolute atomic E-state index is 0.0477. The van der Waals surface area contributed by atoms with Crippen LogP contribution in [0.5, 0.6) is 0 Å². The summed E-state index contributed by atoms with van der Waals surface area (Å²) in [7, 11) is -3.98. The van der Waals surface area contributed by atoms with Crippen LogP contribution >= 0.6 is 22.9 Å². The first-order chi connectivity index (χ1) is 15.8. The highest BCUT2D eigenvalue weighted by Crippen LogP contribution is 2.36. The number of nitrogens with zero attached hydrogens (tertiary/aromatic N) is 2. The lowest BCUT2D eigenvalue weighted by atomic mass is 10.0. The first kappa shape index (κ1) is 23.5. The van der Waals surface area contributed by atoms with Crippen LogP contribution in [0.3, 0.4) is 0 Å². The zero-order chi connectivity index (χ0) is 23.6. The maximum atomic E-state index is 13.5. The van der Waals surface area contributed by atoms with Crippen LogP contribution in [0.15, 0.2) is 67.4 Å². The van der Waals surface area contributed by atoms with Gasteiger partial charge in [-0.3, -0.25) is 9.78 Å². The number of halogens is 2. The number of nitrogens with one attached hydrogen (secondary N) is 2. The molecule has 33 heavy (non-hydrogen) atoms.